The Labute approximate surface area is 160 Å². The van der Waals surface area contributed by atoms with Crippen LogP contribution < -0.4 is 5.56 Å². The summed E-state index contributed by atoms with van der Waals surface area (Å²) in [7, 11) is 0. The van der Waals surface area contributed by atoms with Gasteiger partial charge in [0.2, 0.25) is 5.82 Å². The van der Waals surface area contributed by atoms with Gasteiger partial charge in [-0.1, -0.05) is 0 Å². The lowest BCUT2D eigenvalue weighted by Crippen LogP contribution is -2.47. The molecule has 1 aromatic rings. The Bertz CT molecular complexity index is 801. The molecule has 7 nitrogen and oxygen atoms in total. The highest BCUT2D eigenvalue weighted by atomic mass is 19.4. The number of H-pyrrole nitrogens is 1. The van der Waals surface area contributed by atoms with E-state index < -0.39 is 23.2 Å². The minimum atomic E-state index is -4.70. The standard InChI is InChI=1S/C18H25F3N4O3/c1-17(2,3)28-16(27)25-7-4-5-11(25)9-24-8-6-12-13(10-24)22-15(18(19,20)21)23-14(12)26/h11H,4-10H2,1-3H3,(H,22,23,26). The number of ether oxygens (including phenoxy) is 1. The summed E-state index contributed by atoms with van der Waals surface area (Å²) in [6.45, 7) is 7.20. The summed E-state index contributed by atoms with van der Waals surface area (Å²) < 4.78 is 44.3. The number of nitrogens with one attached hydrogen (secondary N) is 1. The first-order valence-electron chi connectivity index (χ1n) is 9.35. The van der Waals surface area contributed by atoms with Crippen LogP contribution in [0.25, 0.3) is 0 Å². The lowest BCUT2D eigenvalue weighted by atomic mass is 10.1. The summed E-state index contributed by atoms with van der Waals surface area (Å²) in [6.07, 6.45) is -3.09. The number of carbonyl (C=O) groups is 1. The van der Waals surface area contributed by atoms with Gasteiger partial charge in [0.1, 0.15) is 5.60 Å². The zero-order chi connectivity index (χ0) is 20.7. The summed E-state index contributed by atoms with van der Waals surface area (Å²) in [5, 5.41) is 0. The fourth-order valence-electron chi connectivity index (χ4n) is 3.67. The van der Waals surface area contributed by atoms with E-state index in [9.17, 15) is 22.8 Å². The van der Waals surface area contributed by atoms with Crippen molar-refractivity contribution in [3.63, 3.8) is 0 Å². The Kier molecular flexibility index (Phi) is 5.44. The van der Waals surface area contributed by atoms with Crippen LogP contribution in [0.4, 0.5) is 18.0 Å². The highest BCUT2D eigenvalue weighted by Crippen LogP contribution is 2.27. The second kappa shape index (κ2) is 7.38. The number of hydrogen-bond donors (Lipinski definition) is 1. The Morgan fingerprint density at radius 1 is 1.29 bits per heavy atom. The smallest absolute Gasteiger partial charge is 0.444 e. The quantitative estimate of drug-likeness (QED) is 0.823. The van der Waals surface area contributed by atoms with E-state index in [-0.39, 0.29) is 24.4 Å². The van der Waals surface area contributed by atoms with Gasteiger partial charge in [-0.25, -0.2) is 9.78 Å². The first kappa shape index (κ1) is 20.6. The molecule has 0 aromatic carbocycles. The third-order valence-electron chi connectivity index (χ3n) is 4.90. The number of alkyl halides is 3. The maximum atomic E-state index is 12.9. The highest BCUT2D eigenvalue weighted by Gasteiger charge is 2.37. The molecule has 156 valence electrons. The fraction of sp³-hybridized carbons (Fsp3) is 0.722. The summed E-state index contributed by atoms with van der Waals surface area (Å²) in [6, 6.07) is -0.0690. The molecule has 1 saturated heterocycles. The molecule has 0 saturated carbocycles. The van der Waals surface area contributed by atoms with Gasteiger partial charge in [-0.3, -0.25) is 9.69 Å². The van der Waals surface area contributed by atoms with Crippen LogP contribution >= 0.6 is 0 Å². The van der Waals surface area contributed by atoms with Crippen LogP contribution in [-0.2, 0) is 23.9 Å². The third-order valence-corrected chi connectivity index (χ3v) is 4.90. The van der Waals surface area contributed by atoms with Gasteiger partial charge in [0.15, 0.2) is 0 Å². The number of aromatic nitrogens is 2. The van der Waals surface area contributed by atoms with Gasteiger partial charge in [0.05, 0.1) is 5.69 Å². The van der Waals surface area contributed by atoms with E-state index in [1.54, 1.807) is 25.7 Å². The molecule has 3 heterocycles. The van der Waals surface area contributed by atoms with Crippen LogP contribution in [0, 0.1) is 0 Å². The number of nitrogens with zero attached hydrogens (tertiary/aromatic N) is 3. The number of halogens is 3. The summed E-state index contributed by atoms with van der Waals surface area (Å²) >= 11 is 0. The van der Waals surface area contributed by atoms with E-state index in [1.165, 1.54) is 0 Å². The van der Waals surface area contributed by atoms with E-state index in [1.807, 2.05) is 9.88 Å². The molecule has 3 rings (SSSR count). The SMILES string of the molecule is CC(C)(C)OC(=O)N1CCCC1CN1CCc2c(nc(C(F)(F)F)[nH]c2=O)C1. The van der Waals surface area contributed by atoms with Crippen LogP contribution in [-0.4, -0.2) is 57.1 Å². The van der Waals surface area contributed by atoms with Crippen LogP contribution in [0.1, 0.15) is 50.7 Å². The molecule has 28 heavy (non-hydrogen) atoms. The predicted octanol–water partition coefficient (Wildman–Crippen LogP) is 2.55. The molecule has 10 heteroatoms. The van der Waals surface area contributed by atoms with Crippen molar-refractivity contribution in [2.75, 3.05) is 19.6 Å². The van der Waals surface area contributed by atoms with Crippen molar-refractivity contribution in [2.24, 2.45) is 0 Å². The molecule has 0 bridgehead atoms. The lowest BCUT2D eigenvalue weighted by molar-refractivity contribution is -0.145. The topological polar surface area (TPSA) is 78.5 Å². The molecule has 2 aliphatic heterocycles. The van der Waals surface area contributed by atoms with Crippen molar-refractivity contribution < 1.29 is 22.7 Å². The molecule has 1 N–H and O–H groups in total. The zero-order valence-electron chi connectivity index (χ0n) is 16.2. The van der Waals surface area contributed by atoms with Crippen molar-refractivity contribution in [1.82, 2.24) is 19.8 Å². The highest BCUT2D eigenvalue weighted by molar-refractivity contribution is 5.69. The summed E-state index contributed by atoms with van der Waals surface area (Å²) in [5.41, 5.74) is -0.857. The van der Waals surface area contributed by atoms with Crippen molar-refractivity contribution in [2.45, 2.75) is 64.4 Å². The van der Waals surface area contributed by atoms with Crippen LogP contribution in [0.2, 0.25) is 0 Å². The number of aromatic amines is 1. The largest absolute Gasteiger partial charge is 0.449 e. The second-order valence-corrected chi connectivity index (χ2v) is 8.29. The van der Waals surface area contributed by atoms with Gasteiger partial charge in [-0.2, -0.15) is 13.2 Å². The summed E-state index contributed by atoms with van der Waals surface area (Å²) in [4.78, 5) is 33.5. The molecular formula is C18H25F3N4O3. The summed E-state index contributed by atoms with van der Waals surface area (Å²) in [5.74, 6) is -1.27. The van der Waals surface area contributed by atoms with Crippen molar-refractivity contribution in [3.8, 4) is 0 Å². The minimum absolute atomic E-state index is 0.0690. The van der Waals surface area contributed by atoms with E-state index in [4.69, 9.17) is 4.74 Å². The molecule has 1 amide bonds. The molecule has 2 aliphatic rings. The van der Waals surface area contributed by atoms with E-state index in [0.29, 0.717) is 31.6 Å². The minimum Gasteiger partial charge on any atom is -0.444 e. The third kappa shape index (κ3) is 4.65. The van der Waals surface area contributed by atoms with E-state index >= 15 is 0 Å². The van der Waals surface area contributed by atoms with E-state index in [0.717, 1.165) is 12.8 Å². The molecule has 0 radical (unpaired) electrons. The van der Waals surface area contributed by atoms with Gasteiger partial charge in [0.25, 0.3) is 5.56 Å². The Hall–Kier alpha value is -2.10. The lowest BCUT2D eigenvalue weighted by Gasteiger charge is -2.34. The van der Waals surface area contributed by atoms with Crippen molar-refractivity contribution in [3.05, 3.63) is 27.4 Å². The zero-order valence-corrected chi connectivity index (χ0v) is 16.2. The fourth-order valence-corrected chi connectivity index (χ4v) is 3.67. The van der Waals surface area contributed by atoms with Gasteiger partial charge < -0.3 is 14.6 Å². The first-order chi connectivity index (χ1) is 12.9. The number of fused-ring (bicyclic) bond motifs is 1. The monoisotopic (exact) mass is 402 g/mol. The maximum Gasteiger partial charge on any atom is 0.449 e. The molecule has 1 unspecified atom stereocenters. The average Bonchev–Trinajstić information content (AvgIpc) is 3.00. The Morgan fingerprint density at radius 3 is 2.64 bits per heavy atom. The van der Waals surface area contributed by atoms with Gasteiger partial charge in [-0.05, 0) is 40.0 Å². The normalized spacial score (nSPS) is 20.9. The number of hydrogen-bond acceptors (Lipinski definition) is 5. The van der Waals surface area contributed by atoms with Gasteiger partial charge in [0, 0.05) is 37.8 Å². The van der Waals surface area contributed by atoms with Crippen LogP contribution in [0.15, 0.2) is 4.79 Å². The molecule has 1 atom stereocenters. The van der Waals surface area contributed by atoms with Crippen molar-refractivity contribution in [1.29, 1.82) is 0 Å². The molecular weight excluding hydrogens is 377 g/mol. The average molecular weight is 402 g/mol. The second-order valence-electron chi connectivity index (χ2n) is 8.29. The van der Waals surface area contributed by atoms with Crippen molar-refractivity contribution >= 4 is 6.09 Å². The molecule has 1 aromatic heterocycles. The predicted molar refractivity (Wildman–Crippen MR) is 94.8 cm³/mol. The maximum absolute atomic E-state index is 12.9. The number of amides is 1. The Morgan fingerprint density at radius 2 is 2.00 bits per heavy atom. The Balaban J connectivity index is 1.71. The molecule has 1 fully saturated rings. The first-order valence-corrected chi connectivity index (χ1v) is 9.35. The number of carbonyl (C=O) groups excluding carboxylic acids is 1. The van der Waals surface area contributed by atoms with Gasteiger partial charge >= 0.3 is 12.3 Å². The molecule has 0 aliphatic carbocycles. The number of likely N-dealkylation sites (tertiary alicyclic amines) is 1. The van der Waals surface area contributed by atoms with E-state index in [2.05, 4.69) is 4.98 Å². The number of rotatable bonds is 2. The van der Waals surface area contributed by atoms with Crippen LogP contribution in [0.3, 0.4) is 0 Å². The van der Waals surface area contributed by atoms with Crippen LogP contribution in [0.5, 0.6) is 0 Å². The molecule has 0 spiro atoms. The van der Waals surface area contributed by atoms with Gasteiger partial charge in [-0.15, -0.1) is 0 Å².